The topological polar surface area (TPSA) is 81.8 Å². The van der Waals surface area contributed by atoms with E-state index in [1.54, 1.807) is 0 Å². The van der Waals surface area contributed by atoms with E-state index in [4.69, 9.17) is 11.6 Å². The van der Waals surface area contributed by atoms with Crippen molar-refractivity contribution < 1.29 is 14.4 Å². The number of fused-ring (bicyclic) bond motifs is 1. The number of para-hydroxylation sites is 1. The molecule has 2 aromatic rings. The summed E-state index contributed by atoms with van der Waals surface area (Å²) in [6, 6.07) is 14.9. The number of hydrogen-bond donors (Lipinski definition) is 2. The van der Waals surface area contributed by atoms with Crippen LogP contribution in [-0.4, -0.2) is 60.9 Å². The van der Waals surface area contributed by atoms with Gasteiger partial charge < -0.3 is 20.4 Å². The fraction of sp³-hybridized carbons (Fsp3) is 0.500. The number of piperidine rings is 2. The lowest BCUT2D eigenvalue weighted by Crippen LogP contribution is -2.55. The summed E-state index contributed by atoms with van der Waals surface area (Å²) in [6.45, 7) is 6.71. The molecule has 3 aliphatic rings. The summed E-state index contributed by atoms with van der Waals surface area (Å²) in [5.41, 5.74) is 2.45. The highest BCUT2D eigenvalue weighted by Crippen LogP contribution is 2.43. The summed E-state index contributed by atoms with van der Waals surface area (Å²) in [5, 5.41) is 7.01. The molecule has 1 atom stereocenters. The third kappa shape index (κ3) is 5.32. The molecule has 7 nitrogen and oxygen atoms in total. The third-order valence-electron chi connectivity index (χ3n) is 8.41. The molecule has 3 amide bonds. The molecule has 5 rings (SSSR count). The molecule has 38 heavy (non-hydrogen) atoms. The van der Waals surface area contributed by atoms with E-state index < -0.39 is 11.5 Å². The van der Waals surface area contributed by atoms with Crippen LogP contribution < -0.4 is 15.5 Å². The predicted octanol–water partition coefficient (Wildman–Crippen LogP) is 3.68. The molecule has 0 aliphatic carbocycles. The van der Waals surface area contributed by atoms with E-state index in [9.17, 15) is 14.4 Å². The first-order valence-corrected chi connectivity index (χ1v) is 14.1. The third-order valence-corrected chi connectivity index (χ3v) is 8.66. The van der Waals surface area contributed by atoms with Crippen molar-refractivity contribution in [3.8, 4) is 0 Å². The van der Waals surface area contributed by atoms with Crippen LogP contribution in [0.4, 0.5) is 5.69 Å². The number of carbonyl (C=O) groups excluding carboxylic acids is 3. The fourth-order valence-corrected chi connectivity index (χ4v) is 6.22. The predicted molar refractivity (Wildman–Crippen MR) is 149 cm³/mol. The zero-order valence-electron chi connectivity index (χ0n) is 22.2. The summed E-state index contributed by atoms with van der Waals surface area (Å²) in [7, 11) is 0. The average Bonchev–Trinajstić information content (AvgIpc) is 3.14. The summed E-state index contributed by atoms with van der Waals surface area (Å²) >= 11 is 6.07. The van der Waals surface area contributed by atoms with Crippen LogP contribution >= 0.6 is 11.6 Å². The lowest BCUT2D eigenvalue weighted by atomic mass is 9.86. The highest BCUT2D eigenvalue weighted by atomic mass is 35.5. The van der Waals surface area contributed by atoms with Crippen molar-refractivity contribution in [1.82, 2.24) is 15.5 Å². The Morgan fingerprint density at radius 3 is 2.37 bits per heavy atom. The molecule has 0 aromatic heterocycles. The van der Waals surface area contributed by atoms with Gasteiger partial charge in [-0.3, -0.25) is 14.4 Å². The molecule has 0 bridgehead atoms. The van der Waals surface area contributed by atoms with Gasteiger partial charge in [-0.25, -0.2) is 0 Å². The summed E-state index contributed by atoms with van der Waals surface area (Å²) in [6.07, 6.45) is 3.38. The number of anilines is 1. The maximum Gasteiger partial charge on any atom is 0.245 e. The zero-order valence-corrected chi connectivity index (χ0v) is 23.0. The molecule has 0 radical (unpaired) electrons. The molecule has 2 fully saturated rings. The molecule has 202 valence electrons. The summed E-state index contributed by atoms with van der Waals surface area (Å²) in [5.74, 6) is -0.0604. The smallest absolute Gasteiger partial charge is 0.245 e. The monoisotopic (exact) mass is 536 g/mol. The molecule has 0 spiro atoms. The highest BCUT2D eigenvalue weighted by Gasteiger charge is 2.47. The van der Waals surface area contributed by atoms with Crippen LogP contribution in [0.25, 0.3) is 0 Å². The van der Waals surface area contributed by atoms with Gasteiger partial charge in [-0.1, -0.05) is 41.9 Å². The average molecular weight is 537 g/mol. The minimum absolute atomic E-state index is 0.0461. The van der Waals surface area contributed by atoms with E-state index in [1.807, 2.05) is 72.2 Å². The second-order valence-electron chi connectivity index (χ2n) is 11.3. The molecule has 2 saturated heterocycles. The van der Waals surface area contributed by atoms with Crippen LogP contribution in [0, 0.1) is 5.92 Å². The van der Waals surface area contributed by atoms with Gasteiger partial charge in [0.1, 0.15) is 6.04 Å². The van der Waals surface area contributed by atoms with E-state index in [0.29, 0.717) is 37.4 Å². The van der Waals surface area contributed by atoms with E-state index in [-0.39, 0.29) is 29.7 Å². The summed E-state index contributed by atoms with van der Waals surface area (Å²) in [4.78, 5) is 44.1. The first-order valence-electron chi connectivity index (χ1n) is 13.7. The molecular weight excluding hydrogens is 500 g/mol. The van der Waals surface area contributed by atoms with Crippen LogP contribution in [0.5, 0.6) is 0 Å². The fourth-order valence-electron chi connectivity index (χ4n) is 6.10. The van der Waals surface area contributed by atoms with Crippen molar-refractivity contribution in [3.63, 3.8) is 0 Å². The van der Waals surface area contributed by atoms with Crippen LogP contribution in [0.1, 0.15) is 50.7 Å². The van der Waals surface area contributed by atoms with Gasteiger partial charge in [0.2, 0.25) is 17.7 Å². The molecule has 2 N–H and O–H groups in total. The van der Waals surface area contributed by atoms with Crippen LogP contribution in [-0.2, 0) is 26.2 Å². The SMILES string of the molecule is CC1(C)C(=O)N(C2CCN(C(=O)[C@H](Cc3ccc(Cl)cc3)NC(=O)C3CCNCC3)CC2)c2ccccc21. The van der Waals surface area contributed by atoms with Gasteiger partial charge in [0, 0.05) is 42.2 Å². The minimum atomic E-state index is -0.636. The lowest BCUT2D eigenvalue weighted by molar-refractivity contribution is -0.138. The summed E-state index contributed by atoms with van der Waals surface area (Å²) < 4.78 is 0. The Morgan fingerprint density at radius 2 is 1.68 bits per heavy atom. The second kappa shape index (κ2) is 11.1. The largest absolute Gasteiger partial charge is 0.344 e. The molecule has 3 heterocycles. The maximum absolute atomic E-state index is 13.8. The van der Waals surface area contributed by atoms with Gasteiger partial charge in [0.25, 0.3) is 0 Å². The lowest BCUT2D eigenvalue weighted by Gasteiger charge is -2.39. The van der Waals surface area contributed by atoms with E-state index in [0.717, 1.165) is 42.7 Å². The number of likely N-dealkylation sites (tertiary alicyclic amines) is 1. The molecule has 8 heteroatoms. The standard InChI is InChI=1S/C30H37ClN4O3/c1-30(2)24-5-3-4-6-26(24)35(29(30)38)23-13-17-34(18-14-23)28(37)25(19-20-7-9-22(31)10-8-20)33-27(36)21-11-15-32-16-12-21/h3-10,21,23,25,32H,11-19H2,1-2H3,(H,33,36)/t25-/m0/s1. The van der Waals surface area contributed by atoms with Crippen molar-refractivity contribution in [2.75, 3.05) is 31.1 Å². The second-order valence-corrected chi connectivity index (χ2v) is 11.7. The van der Waals surface area contributed by atoms with E-state index >= 15 is 0 Å². The van der Waals surface area contributed by atoms with Crippen molar-refractivity contribution in [3.05, 3.63) is 64.7 Å². The number of rotatable bonds is 6. The number of amides is 3. The van der Waals surface area contributed by atoms with Gasteiger partial charge in [0.15, 0.2) is 0 Å². The first-order chi connectivity index (χ1) is 18.3. The Balaban J connectivity index is 1.28. The Kier molecular flexibility index (Phi) is 7.78. The Hall–Kier alpha value is -2.90. The van der Waals surface area contributed by atoms with Gasteiger partial charge in [-0.2, -0.15) is 0 Å². The van der Waals surface area contributed by atoms with Gasteiger partial charge >= 0.3 is 0 Å². The van der Waals surface area contributed by atoms with E-state index in [1.165, 1.54) is 0 Å². The number of halogens is 1. The van der Waals surface area contributed by atoms with Crippen molar-refractivity contribution >= 4 is 35.0 Å². The molecule has 0 unspecified atom stereocenters. The normalized spacial score (nSPS) is 20.8. The quantitative estimate of drug-likeness (QED) is 0.590. The number of nitrogens with one attached hydrogen (secondary N) is 2. The highest BCUT2D eigenvalue weighted by molar-refractivity contribution is 6.30. The molecule has 0 saturated carbocycles. The number of nitrogens with zero attached hydrogens (tertiary/aromatic N) is 2. The number of hydrogen-bond acceptors (Lipinski definition) is 4. The maximum atomic E-state index is 13.8. The van der Waals surface area contributed by atoms with Crippen LogP contribution in [0.2, 0.25) is 5.02 Å². The Morgan fingerprint density at radius 1 is 1.03 bits per heavy atom. The molecule has 2 aromatic carbocycles. The Bertz CT molecular complexity index is 1180. The van der Waals surface area contributed by atoms with Crippen LogP contribution in [0.3, 0.4) is 0 Å². The van der Waals surface area contributed by atoms with Gasteiger partial charge in [-0.15, -0.1) is 0 Å². The van der Waals surface area contributed by atoms with Crippen LogP contribution in [0.15, 0.2) is 48.5 Å². The van der Waals surface area contributed by atoms with Crippen molar-refractivity contribution in [2.24, 2.45) is 5.92 Å². The van der Waals surface area contributed by atoms with Crippen molar-refractivity contribution in [1.29, 1.82) is 0 Å². The molecular formula is C30H37ClN4O3. The van der Waals surface area contributed by atoms with E-state index in [2.05, 4.69) is 10.6 Å². The first kappa shape index (κ1) is 26.7. The van der Waals surface area contributed by atoms with Gasteiger partial charge in [0.05, 0.1) is 5.41 Å². The molecule has 3 aliphatic heterocycles. The zero-order chi connectivity index (χ0) is 26.9. The van der Waals surface area contributed by atoms with Crippen molar-refractivity contribution in [2.45, 2.75) is 63.5 Å². The number of benzene rings is 2. The Labute approximate surface area is 229 Å². The number of carbonyl (C=O) groups is 3. The van der Waals surface area contributed by atoms with Gasteiger partial charge in [-0.05, 0) is 81.9 Å². The minimum Gasteiger partial charge on any atom is -0.344 e.